The monoisotopic (exact) mass is 193 g/mol. The summed E-state index contributed by atoms with van der Waals surface area (Å²) in [6.07, 6.45) is 0. The maximum absolute atomic E-state index is 5.35. The molecule has 0 heterocycles. The van der Waals surface area contributed by atoms with Gasteiger partial charge in [0.05, 0.1) is 0 Å². The second-order valence-electron chi connectivity index (χ2n) is 3.32. The zero-order valence-corrected chi connectivity index (χ0v) is 9.17. The minimum atomic E-state index is 0.957. The molecule has 3 N–H and O–H groups in total. The van der Waals surface area contributed by atoms with Crippen molar-refractivity contribution in [3.05, 3.63) is 23.8 Å². The van der Waals surface area contributed by atoms with Gasteiger partial charge in [-0.25, -0.2) is 0 Å². The highest BCUT2D eigenvalue weighted by Gasteiger charge is 2.05. The number of nitrogens with one attached hydrogen (secondary N) is 1. The fourth-order valence-electron chi connectivity index (χ4n) is 1.66. The van der Waals surface area contributed by atoms with E-state index in [4.69, 9.17) is 5.84 Å². The lowest BCUT2D eigenvalue weighted by molar-refractivity contribution is 0.862. The molecule has 3 heteroatoms. The number of anilines is 2. The lowest BCUT2D eigenvalue weighted by Crippen LogP contribution is -2.22. The van der Waals surface area contributed by atoms with E-state index in [1.54, 1.807) is 0 Å². The summed E-state index contributed by atoms with van der Waals surface area (Å²) >= 11 is 0. The number of hydrazine groups is 1. The highest BCUT2D eigenvalue weighted by Crippen LogP contribution is 2.22. The molecule has 0 aliphatic heterocycles. The molecule has 1 aromatic rings. The van der Waals surface area contributed by atoms with Crippen LogP contribution >= 0.6 is 0 Å². The Morgan fingerprint density at radius 2 is 1.93 bits per heavy atom. The van der Waals surface area contributed by atoms with Crippen LogP contribution in [-0.4, -0.2) is 13.1 Å². The standard InChI is InChI=1S/C11H19N3/c1-4-14(5-2)11-7-6-10(13-12)8-9(11)3/h6-8,13H,4-5,12H2,1-3H3. The van der Waals surface area contributed by atoms with Gasteiger partial charge in [-0.2, -0.15) is 0 Å². The van der Waals surface area contributed by atoms with Gasteiger partial charge in [-0.3, -0.25) is 5.84 Å². The van der Waals surface area contributed by atoms with Crippen molar-refractivity contribution in [3.63, 3.8) is 0 Å². The van der Waals surface area contributed by atoms with E-state index in [0.717, 1.165) is 18.8 Å². The van der Waals surface area contributed by atoms with Gasteiger partial charge in [-0.05, 0) is 44.5 Å². The van der Waals surface area contributed by atoms with E-state index in [1.165, 1.54) is 11.3 Å². The van der Waals surface area contributed by atoms with Crippen LogP contribution in [-0.2, 0) is 0 Å². The van der Waals surface area contributed by atoms with Gasteiger partial charge >= 0.3 is 0 Å². The van der Waals surface area contributed by atoms with E-state index >= 15 is 0 Å². The molecule has 0 radical (unpaired) electrons. The smallest absolute Gasteiger partial charge is 0.0489 e. The van der Waals surface area contributed by atoms with Crippen LogP contribution in [0.1, 0.15) is 19.4 Å². The molecule has 0 amide bonds. The van der Waals surface area contributed by atoms with Gasteiger partial charge in [0, 0.05) is 24.5 Å². The Morgan fingerprint density at radius 1 is 1.29 bits per heavy atom. The van der Waals surface area contributed by atoms with Crippen molar-refractivity contribution in [2.75, 3.05) is 23.4 Å². The summed E-state index contributed by atoms with van der Waals surface area (Å²) in [5.74, 6) is 5.35. The predicted molar refractivity (Wildman–Crippen MR) is 62.6 cm³/mol. The first kappa shape index (κ1) is 10.9. The molecule has 0 saturated carbocycles. The third-order valence-electron chi connectivity index (χ3n) is 2.47. The molecule has 0 aromatic heterocycles. The first-order chi connectivity index (χ1) is 6.72. The summed E-state index contributed by atoms with van der Waals surface area (Å²) in [6.45, 7) is 8.50. The molecule has 1 aromatic carbocycles. The number of benzene rings is 1. The van der Waals surface area contributed by atoms with Gasteiger partial charge in [0.2, 0.25) is 0 Å². The van der Waals surface area contributed by atoms with Gasteiger partial charge in [0.15, 0.2) is 0 Å². The zero-order chi connectivity index (χ0) is 10.6. The normalized spacial score (nSPS) is 10.0. The molecule has 0 atom stereocenters. The number of hydrogen-bond donors (Lipinski definition) is 2. The van der Waals surface area contributed by atoms with E-state index in [0.29, 0.717) is 0 Å². The number of nitrogen functional groups attached to an aromatic ring is 1. The molecule has 0 bridgehead atoms. The Kier molecular flexibility index (Phi) is 3.77. The van der Waals surface area contributed by atoms with E-state index < -0.39 is 0 Å². The highest BCUT2D eigenvalue weighted by molar-refractivity contribution is 5.60. The summed E-state index contributed by atoms with van der Waals surface area (Å²) in [4.78, 5) is 2.33. The Hall–Kier alpha value is -1.22. The second kappa shape index (κ2) is 4.86. The largest absolute Gasteiger partial charge is 0.372 e. The SMILES string of the molecule is CCN(CC)c1ccc(NN)cc1C. The van der Waals surface area contributed by atoms with Crippen molar-refractivity contribution in [3.8, 4) is 0 Å². The van der Waals surface area contributed by atoms with E-state index in [-0.39, 0.29) is 0 Å². The van der Waals surface area contributed by atoms with Crippen LogP contribution in [0.3, 0.4) is 0 Å². The summed E-state index contributed by atoms with van der Waals surface area (Å²) in [7, 11) is 0. The molecule has 0 spiro atoms. The fourth-order valence-corrected chi connectivity index (χ4v) is 1.66. The van der Waals surface area contributed by atoms with Crippen LogP contribution in [0.4, 0.5) is 11.4 Å². The van der Waals surface area contributed by atoms with Crippen molar-refractivity contribution in [1.82, 2.24) is 0 Å². The molecule has 14 heavy (non-hydrogen) atoms. The molecule has 78 valence electrons. The Morgan fingerprint density at radius 3 is 2.36 bits per heavy atom. The average molecular weight is 193 g/mol. The lowest BCUT2D eigenvalue weighted by Gasteiger charge is -2.23. The summed E-state index contributed by atoms with van der Waals surface area (Å²) in [6, 6.07) is 6.17. The van der Waals surface area contributed by atoms with Crippen molar-refractivity contribution >= 4 is 11.4 Å². The third-order valence-corrected chi connectivity index (χ3v) is 2.47. The third kappa shape index (κ3) is 2.17. The number of nitrogens with zero attached hydrogens (tertiary/aromatic N) is 1. The maximum Gasteiger partial charge on any atom is 0.0489 e. The molecule has 0 aliphatic rings. The minimum absolute atomic E-state index is 0.957. The molecule has 1 rings (SSSR count). The van der Waals surface area contributed by atoms with Gasteiger partial charge in [-0.15, -0.1) is 0 Å². The number of nitrogens with two attached hydrogens (primary N) is 1. The minimum Gasteiger partial charge on any atom is -0.372 e. The van der Waals surface area contributed by atoms with Crippen molar-refractivity contribution < 1.29 is 0 Å². The lowest BCUT2D eigenvalue weighted by atomic mass is 10.1. The molecular formula is C11H19N3. The molecule has 0 unspecified atom stereocenters. The topological polar surface area (TPSA) is 41.3 Å². The van der Waals surface area contributed by atoms with Gasteiger partial charge in [0.25, 0.3) is 0 Å². The van der Waals surface area contributed by atoms with E-state index in [1.807, 2.05) is 6.07 Å². The molecule has 0 saturated heterocycles. The maximum atomic E-state index is 5.35. The van der Waals surface area contributed by atoms with E-state index in [9.17, 15) is 0 Å². The van der Waals surface area contributed by atoms with Crippen LogP contribution in [0, 0.1) is 6.92 Å². The summed E-state index contributed by atoms with van der Waals surface area (Å²) < 4.78 is 0. The second-order valence-corrected chi connectivity index (χ2v) is 3.32. The Balaban J connectivity index is 2.98. The van der Waals surface area contributed by atoms with Gasteiger partial charge in [0.1, 0.15) is 0 Å². The number of rotatable bonds is 4. The fraction of sp³-hybridized carbons (Fsp3) is 0.455. The molecule has 0 fully saturated rings. The van der Waals surface area contributed by atoms with Gasteiger partial charge < -0.3 is 10.3 Å². The summed E-state index contributed by atoms with van der Waals surface area (Å²) in [5, 5.41) is 0. The summed E-state index contributed by atoms with van der Waals surface area (Å²) in [5.41, 5.74) is 6.15. The predicted octanol–water partition coefficient (Wildman–Crippen LogP) is 2.13. The molecule has 0 aliphatic carbocycles. The van der Waals surface area contributed by atoms with Crippen molar-refractivity contribution in [2.45, 2.75) is 20.8 Å². The van der Waals surface area contributed by atoms with Crippen molar-refractivity contribution in [2.24, 2.45) is 5.84 Å². The first-order valence-electron chi connectivity index (χ1n) is 5.05. The average Bonchev–Trinajstić information content (AvgIpc) is 2.22. The van der Waals surface area contributed by atoms with Crippen LogP contribution in [0.2, 0.25) is 0 Å². The Labute approximate surface area is 85.9 Å². The van der Waals surface area contributed by atoms with Crippen LogP contribution < -0.4 is 16.2 Å². The van der Waals surface area contributed by atoms with Crippen LogP contribution in [0.5, 0.6) is 0 Å². The zero-order valence-electron chi connectivity index (χ0n) is 9.17. The Bertz CT molecular complexity index is 293. The quantitative estimate of drug-likeness (QED) is 0.568. The molecule has 3 nitrogen and oxygen atoms in total. The number of aryl methyl sites for hydroxylation is 1. The highest BCUT2D eigenvalue weighted by atomic mass is 15.2. The van der Waals surface area contributed by atoms with Crippen molar-refractivity contribution in [1.29, 1.82) is 0 Å². The van der Waals surface area contributed by atoms with Crippen LogP contribution in [0.25, 0.3) is 0 Å². The van der Waals surface area contributed by atoms with Gasteiger partial charge in [-0.1, -0.05) is 0 Å². The number of hydrogen-bond acceptors (Lipinski definition) is 3. The molecular weight excluding hydrogens is 174 g/mol. The van der Waals surface area contributed by atoms with Crippen LogP contribution in [0.15, 0.2) is 18.2 Å². The van der Waals surface area contributed by atoms with E-state index in [2.05, 4.69) is 43.2 Å². The first-order valence-corrected chi connectivity index (χ1v) is 5.05.